The molecule has 1 saturated carbocycles. The number of nitrogens with zero attached hydrogens (tertiary/aromatic N) is 3. The van der Waals surface area contributed by atoms with E-state index in [0.717, 1.165) is 48.5 Å². The maximum absolute atomic E-state index is 12.2. The Balaban J connectivity index is 1.78. The second-order valence-corrected chi connectivity index (χ2v) is 6.98. The van der Waals surface area contributed by atoms with Gasteiger partial charge >= 0.3 is 0 Å². The van der Waals surface area contributed by atoms with Crippen LogP contribution in [0.5, 0.6) is 0 Å². The Bertz CT molecular complexity index is 746. The lowest BCUT2D eigenvalue weighted by atomic mass is 9.72. The van der Waals surface area contributed by atoms with Gasteiger partial charge in [0.1, 0.15) is 11.5 Å². The molecule has 1 amide bonds. The molecular weight excluding hydrogens is 302 g/mol. The molecule has 1 aliphatic heterocycles. The van der Waals surface area contributed by atoms with Gasteiger partial charge in [-0.05, 0) is 43.7 Å². The summed E-state index contributed by atoms with van der Waals surface area (Å²) in [5.74, 6) is 1.60. The van der Waals surface area contributed by atoms with Gasteiger partial charge in [-0.15, -0.1) is 0 Å². The van der Waals surface area contributed by atoms with Crippen molar-refractivity contribution in [2.24, 2.45) is 18.7 Å². The van der Waals surface area contributed by atoms with Crippen molar-refractivity contribution in [2.75, 3.05) is 5.32 Å². The lowest BCUT2D eigenvalue weighted by Gasteiger charge is -2.35. The molecule has 6 heteroatoms. The third-order valence-corrected chi connectivity index (χ3v) is 5.41. The van der Waals surface area contributed by atoms with E-state index < -0.39 is 0 Å². The Kier molecular flexibility index (Phi) is 3.84. The van der Waals surface area contributed by atoms with Crippen molar-refractivity contribution in [3.8, 4) is 11.4 Å². The van der Waals surface area contributed by atoms with Crippen molar-refractivity contribution in [1.82, 2.24) is 14.8 Å². The van der Waals surface area contributed by atoms with Crippen LogP contribution >= 0.6 is 0 Å². The van der Waals surface area contributed by atoms with Gasteiger partial charge in [-0.1, -0.05) is 6.07 Å². The minimum absolute atomic E-state index is 0.0814. The number of rotatable bonds is 2. The number of fused-ring (bicyclic) bond motifs is 1. The second-order valence-electron chi connectivity index (χ2n) is 6.98. The van der Waals surface area contributed by atoms with Gasteiger partial charge in [0, 0.05) is 37.2 Å². The van der Waals surface area contributed by atoms with Gasteiger partial charge in [0.25, 0.3) is 0 Å². The quantitative estimate of drug-likeness (QED) is 0.888. The average Bonchev–Trinajstić information content (AvgIpc) is 2.93. The third-order valence-electron chi connectivity index (χ3n) is 5.41. The van der Waals surface area contributed by atoms with Crippen molar-refractivity contribution >= 4 is 11.7 Å². The molecule has 2 aromatic rings. The summed E-state index contributed by atoms with van der Waals surface area (Å²) in [7, 11) is 1.88. The molecule has 2 aliphatic rings. The highest BCUT2D eigenvalue weighted by Gasteiger charge is 2.38. The molecule has 2 aromatic heterocycles. The second kappa shape index (κ2) is 6.02. The number of aryl methyl sites for hydroxylation is 1. The first-order valence-electron chi connectivity index (χ1n) is 8.67. The summed E-state index contributed by atoms with van der Waals surface area (Å²) in [5.41, 5.74) is 8.98. The van der Waals surface area contributed by atoms with E-state index in [1.807, 2.05) is 25.2 Å². The van der Waals surface area contributed by atoms with Crippen molar-refractivity contribution in [3.63, 3.8) is 0 Å². The molecule has 126 valence electrons. The van der Waals surface area contributed by atoms with Crippen LogP contribution in [0.25, 0.3) is 11.4 Å². The fourth-order valence-corrected chi connectivity index (χ4v) is 4.17. The molecule has 0 aromatic carbocycles. The van der Waals surface area contributed by atoms with E-state index in [2.05, 4.69) is 15.4 Å². The summed E-state index contributed by atoms with van der Waals surface area (Å²) in [6, 6.07) is 6.16. The fourth-order valence-electron chi connectivity index (χ4n) is 4.17. The fraction of sp³-hybridized carbons (Fsp3) is 0.500. The summed E-state index contributed by atoms with van der Waals surface area (Å²) >= 11 is 0. The molecule has 4 rings (SSSR count). The monoisotopic (exact) mass is 325 g/mol. The zero-order valence-electron chi connectivity index (χ0n) is 13.9. The molecule has 1 fully saturated rings. The molecule has 0 spiro atoms. The lowest BCUT2D eigenvalue weighted by Crippen LogP contribution is -2.33. The molecule has 0 bridgehead atoms. The Morgan fingerprint density at radius 3 is 2.75 bits per heavy atom. The third kappa shape index (κ3) is 2.60. The number of hydrogen-bond acceptors (Lipinski definition) is 4. The van der Waals surface area contributed by atoms with Crippen LogP contribution in [-0.4, -0.2) is 26.7 Å². The first kappa shape index (κ1) is 15.3. The van der Waals surface area contributed by atoms with Gasteiger partial charge < -0.3 is 11.1 Å². The Morgan fingerprint density at radius 2 is 2.04 bits per heavy atom. The summed E-state index contributed by atoms with van der Waals surface area (Å²) in [5, 5.41) is 7.68. The molecule has 0 radical (unpaired) electrons. The summed E-state index contributed by atoms with van der Waals surface area (Å²) in [6.07, 6.45) is 6.55. The van der Waals surface area contributed by atoms with Crippen LogP contribution in [0.15, 0.2) is 24.4 Å². The molecule has 1 aliphatic carbocycles. The van der Waals surface area contributed by atoms with E-state index >= 15 is 0 Å². The number of carbonyl (C=O) groups is 1. The normalized spacial score (nSPS) is 26.8. The Hall–Kier alpha value is -2.21. The van der Waals surface area contributed by atoms with Crippen LogP contribution in [-0.2, 0) is 11.8 Å². The zero-order chi connectivity index (χ0) is 16.7. The first-order chi connectivity index (χ1) is 11.6. The highest BCUT2D eigenvalue weighted by Crippen LogP contribution is 2.46. The molecule has 3 heterocycles. The number of hydrogen-bond donors (Lipinski definition) is 2. The standard InChI is InChI=1S/C18H23N5O/c1-23-18-16(17(22-23)14-4-2-3-9-20-14)13(10-15(24)21-18)11-5-7-12(19)8-6-11/h2-4,9,11-13H,5-8,10,19H2,1H3,(H,21,24). The van der Waals surface area contributed by atoms with Crippen molar-refractivity contribution in [1.29, 1.82) is 0 Å². The predicted molar refractivity (Wildman–Crippen MR) is 92.4 cm³/mol. The molecule has 0 saturated heterocycles. The van der Waals surface area contributed by atoms with E-state index in [-0.39, 0.29) is 11.8 Å². The van der Waals surface area contributed by atoms with E-state index in [1.54, 1.807) is 10.9 Å². The number of nitrogens with two attached hydrogens (primary N) is 1. The Morgan fingerprint density at radius 1 is 1.25 bits per heavy atom. The summed E-state index contributed by atoms with van der Waals surface area (Å²) < 4.78 is 1.78. The van der Waals surface area contributed by atoms with E-state index in [4.69, 9.17) is 5.73 Å². The maximum Gasteiger partial charge on any atom is 0.226 e. The molecule has 6 nitrogen and oxygen atoms in total. The minimum atomic E-state index is 0.0814. The van der Waals surface area contributed by atoms with Crippen LogP contribution in [0, 0.1) is 5.92 Å². The summed E-state index contributed by atoms with van der Waals surface area (Å²) in [4.78, 5) is 16.7. The molecule has 1 atom stereocenters. The van der Waals surface area contributed by atoms with E-state index in [0.29, 0.717) is 18.4 Å². The summed E-state index contributed by atoms with van der Waals surface area (Å²) in [6.45, 7) is 0. The highest BCUT2D eigenvalue weighted by molar-refractivity contribution is 5.95. The van der Waals surface area contributed by atoms with Gasteiger partial charge in [0.15, 0.2) is 0 Å². The van der Waals surface area contributed by atoms with Crippen molar-refractivity contribution < 1.29 is 4.79 Å². The number of pyridine rings is 1. The van der Waals surface area contributed by atoms with Gasteiger partial charge in [-0.25, -0.2) is 0 Å². The van der Waals surface area contributed by atoms with Gasteiger partial charge in [0.2, 0.25) is 5.91 Å². The van der Waals surface area contributed by atoms with E-state index in [9.17, 15) is 4.79 Å². The predicted octanol–water partition coefficient (Wildman–Crippen LogP) is 2.43. The van der Waals surface area contributed by atoms with Gasteiger partial charge in [-0.3, -0.25) is 14.5 Å². The number of carbonyl (C=O) groups excluding carboxylic acids is 1. The van der Waals surface area contributed by atoms with Crippen molar-refractivity contribution in [3.05, 3.63) is 30.0 Å². The van der Waals surface area contributed by atoms with E-state index in [1.165, 1.54) is 0 Å². The number of aromatic nitrogens is 3. The molecule has 24 heavy (non-hydrogen) atoms. The average molecular weight is 325 g/mol. The van der Waals surface area contributed by atoms with Crippen LogP contribution in [0.3, 0.4) is 0 Å². The molecule has 3 N–H and O–H groups in total. The first-order valence-corrected chi connectivity index (χ1v) is 8.67. The van der Waals surface area contributed by atoms with Crippen LogP contribution in [0.4, 0.5) is 5.82 Å². The zero-order valence-corrected chi connectivity index (χ0v) is 13.9. The maximum atomic E-state index is 12.2. The minimum Gasteiger partial charge on any atom is -0.328 e. The van der Waals surface area contributed by atoms with Crippen molar-refractivity contribution in [2.45, 2.75) is 44.1 Å². The van der Waals surface area contributed by atoms with Crippen LogP contribution < -0.4 is 11.1 Å². The number of anilines is 1. The van der Waals surface area contributed by atoms with Crippen LogP contribution in [0.1, 0.15) is 43.6 Å². The molecular formula is C18H23N5O. The van der Waals surface area contributed by atoms with Gasteiger partial charge in [0.05, 0.1) is 5.69 Å². The highest BCUT2D eigenvalue weighted by atomic mass is 16.1. The Labute approximate surface area is 141 Å². The lowest BCUT2D eigenvalue weighted by molar-refractivity contribution is -0.117. The number of nitrogens with one attached hydrogen (secondary N) is 1. The smallest absolute Gasteiger partial charge is 0.226 e. The largest absolute Gasteiger partial charge is 0.328 e. The topological polar surface area (TPSA) is 85.8 Å². The number of amides is 1. The molecule has 1 unspecified atom stereocenters. The van der Waals surface area contributed by atoms with Crippen LogP contribution in [0.2, 0.25) is 0 Å². The van der Waals surface area contributed by atoms with Gasteiger partial charge in [-0.2, -0.15) is 5.10 Å². The SMILES string of the molecule is Cn1nc(-c2ccccn2)c2c1NC(=O)CC2C1CCC(N)CC1.